The first kappa shape index (κ1) is 9.04. The Kier molecular flexibility index (Phi) is 2.56. The third-order valence-corrected chi connectivity index (χ3v) is 3.84. The highest BCUT2D eigenvalue weighted by Crippen LogP contribution is 2.36. The zero-order valence-electron chi connectivity index (χ0n) is 8.41. The maximum atomic E-state index is 11.0. The number of likely N-dealkylation sites (tertiary alicyclic amines) is 1. The third-order valence-electron chi connectivity index (χ3n) is 3.84. The van der Waals surface area contributed by atoms with E-state index in [2.05, 4.69) is 11.8 Å². The standard InChI is InChI=1S/C11H19NO/c1-9-6-7-10-4-2-3-5-11(10)12(9)8-13/h8-11H,2-7H2,1H3. The average Bonchev–Trinajstić information content (AvgIpc) is 2.18. The van der Waals surface area contributed by atoms with Crippen LogP contribution >= 0.6 is 0 Å². The average molecular weight is 181 g/mol. The molecule has 3 unspecified atom stereocenters. The molecule has 1 amide bonds. The van der Waals surface area contributed by atoms with Crippen molar-refractivity contribution in [3.63, 3.8) is 0 Å². The Balaban J connectivity index is 2.09. The molecule has 3 atom stereocenters. The summed E-state index contributed by atoms with van der Waals surface area (Å²) in [6, 6.07) is 1.06. The lowest BCUT2D eigenvalue weighted by atomic mass is 9.77. The van der Waals surface area contributed by atoms with Crippen molar-refractivity contribution < 1.29 is 4.79 Å². The first-order chi connectivity index (χ1) is 6.33. The number of nitrogens with zero attached hydrogens (tertiary/aromatic N) is 1. The van der Waals surface area contributed by atoms with Crippen LogP contribution in [0.4, 0.5) is 0 Å². The largest absolute Gasteiger partial charge is 0.339 e. The molecule has 13 heavy (non-hydrogen) atoms. The molecule has 0 bridgehead atoms. The van der Waals surface area contributed by atoms with Crippen LogP contribution in [0.2, 0.25) is 0 Å². The summed E-state index contributed by atoms with van der Waals surface area (Å²) in [6.45, 7) is 2.18. The molecule has 2 nitrogen and oxygen atoms in total. The van der Waals surface area contributed by atoms with Crippen molar-refractivity contribution in [3.05, 3.63) is 0 Å². The number of rotatable bonds is 1. The van der Waals surface area contributed by atoms with Crippen molar-refractivity contribution >= 4 is 6.41 Å². The van der Waals surface area contributed by atoms with Crippen LogP contribution in [-0.4, -0.2) is 23.4 Å². The van der Waals surface area contributed by atoms with Gasteiger partial charge >= 0.3 is 0 Å². The van der Waals surface area contributed by atoms with Crippen molar-refractivity contribution in [2.45, 2.75) is 57.5 Å². The minimum absolute atomic E-state index is 0.483. The molecular weight excluding hydrogens is 162 g/mol. The first-order valence-electron chi connectivity index (χ1n) is 5.55. The predicted octanol–water partition coefficient (Wildman–Crippen LogP) is 2.19. The lowest BCUT2D eigenvalue weighted by molar-refractivity contribution is -0.127. The van der Waals surface area contributed by atoms with E-state index in [1.54, 1.807) is 0 Å². The van der Waals surface area contributed by atoms with E-state index in [1.165, 1.54) is 38.5 Å². The van der Waals surface area contributed by atoms with Gasteiger partial charge in [0, 0.05) is 12.1 Å². The SMILES string of the molecule is CC1CCC2CCCCC2N1C=O. The van der Waals surface area contributed by atoms with Crippen molar-refractivity contribution in [1.29, 1.82) is 0 Å². The molecule has 2 heteroatoms. The smallest absolute Gasteiger partial charge is 0.210 e. The number of amides is 1. The zero-order chi connectivity index (χ0) is 9.26. The van der Waals surface area contributed by atoms with Gasteiger partial charge in [0.1, 0.15) is 0 Å². The minimum atomic E-state index is 0.483. The van der Waals surface area contributed by atoms with Crippen molar-refractivity contribution in [3.8, 4) is 0 Å². The number of fused-ring (bicyclic) bond motifs is 1. The first-order valence-corrected chi connectivity index (χ1v) is 5.55. The highest BCUT2D eigenvalue weighted by atomic mass is 16.1. The van der Waals surface area contributed by atoms with E-state index in [1.807, 2.05) is 0 Å². The van der Waals surface area contributed by atoms with E-state index < -0.39 is 0 Å². The van der Waals surface area contributed by atoms with Gasteiger partial charge in [0.15, 0.2) is 0 Å². The van der Waals surface area contributed by atoms with Gasteiger partial charge in [-0.1, -0.05) is 12.8 Å². The van der Waals surface area contributed by atoms with Crippen molar-refractivity contribution in [2.75, 3.05) is 0 Å². The van der Waals surface area contributed by atoms with Gasteiger partial charge in [-0.05, 0) is 38.5 Å². The van der Waals surface area contributed by atoms with Crippen LogP contribution in [0.25, 0.3) is 0 Å². The molecule has 2 aliphatic rings. The van der Waals surface area contributed by atoms with Crippen LogP contribution in [0, 0.1) is 5.92 Å². The molecule has 0 N–H and O–H groups in total. The van der Waals surface area contributed by atoms with Gasteiger partial charge in [-0.15, -0.1) is 0 Å². The summed E-state index contributed by atoms with van der Waals surface area (Å²) in [4.78, 5) is 13.0. The summed E-state index contributed by atoms with van der Waals surface area (Å²) < 4.78 is 0. The Bertz CT molecular complexity index is 193. The zero-order valence-corrected chi connectivity index (χ0v) is 8.41. The van der Waals surface area contributed by atoms with Crippen LogP contribution in [0.5, 0.6) is 0 Å². The van der Waals surface area contributed by atoms with E-state index in [4.69, 9.17) is 0 Å². The molecule has 0 aromatic carbocycles. The van der Waals surface area contributed by atoms with Crippen LogP contribution in [0.15, 0.2) is 0 Å². The molecule has 0 spiro atoms. The Morgan fingerprint density at radius 2 is 1.92 bits per heavy atom. The maximum absolute atomic E-state index is 11.0. The molecule has 1 aliphatic carbocycles. The Morgan fingerprint density at radius 1 is 1.15 bits per heavy atom. The molecule has 0 aromatic heterocycles. The number of hydrogen-bond acceptors (Lipinski definition) is 1. The molecule has 1 heterocycles. The fourth-order valence-electron chi connectivity index (χ4n) is 3.03. The van der Waals surface area contributed by atoms with E-state index in [9.17, 15) is 4.79 Å². The lowest BCUT2D eigenvalue weighted by Crippen LogP contribution is -2.50. The van der Waals surface area contributed by atoms with E-state index in [0.29, 0.717) is 12.1 Å². The second-order valence-corrected chi connectivity index (χ2v) is 4.59. The summed E-state index contributed by atoms with van der Waals surface area (Å²) in [7, 11) is 0. The number of carbonyl (C=O) groups excluding carboxylic acids is 1. The fourth-order valence-corrected chi connectivity index (χ4v) is 3.03. The molecule has 1 saturated heterocycles. The Hall–Kier alpha value is -0.530. The topological polar surface area (TPSA) is 20.3 Å². The molecular formula is C11H19NO. The van der Waals surface area contributed by atoms with Gasteiger partial charge in [0.2, 0.25) is 6.41 Å². The maximum Gasteiger partial charge on any atom is 0.210 e. The molecule has 2 fully saturated rings. The van der Waals surface area contributed by atoms with Crippen LogP contribution in [0.1, 0.15) is 45.4 Å². The summed E-state index contributed by atoms with van der Waals surface area (Å²) in [5, 5.41) is 0. The van der Waals surface area contributed by atoms with Crippen molar-refractivity contribution in [1.82, 2.24) is 4.90 Å². The van der Waals surface area contributed by atoms with E-state index in [-0.39, 0.29) is 0 Å². The lowest BCUT2D eigenvalue weighted by Gasteiger charge is -2.45. The van der Waals surface area contributed by atoms with Gasteiger partial charge in [0.25, 0.3) is 0 Å². The highest BCUT2D eigenvalue weighted by molar-refractivity contribution is 5.49. The van der Waals surface area contributed by atoms with Gasteiger partial charge in [-0.2, -0.15) is 0 Å². The number of carbonyl (C=O) groups is 1. The van der Waals surface area contributed by atoms with E-state index in [0.717, 1.165) is 12.3 Å². The highest BCUT2D eigenvalue weighted by Gasteiger charge is 2.35. The van der Waals surface area contributed by atoms with Gasteiger partial charge in [-0.3, -0.25) is 4.79 Å². The molecule has 1 saturated carbocycles. The Labute approximate surface area is 80.3 Å². The van der Waals surface area contributed by atoms with Crippen LogP contribution < -0.4 is 0 Å². The number of piperidine rings is 1. The second kappa shape index (κ2) is 3.69. The van der Waals surface area contributed by atoms with Gasteiger partial charge in [-0.25, -0.2) is 0 Å². The monoisotopic (exact) mass is 181 g/mol. The summed E-state index contributed by atoms with van der Waals surface area (Å²) in [5.74, 6) is 0.815. The minimum Gasteiger partial charge on any atom is -0.339 e. The quantitative estimate of drug-likeness (QED) is 0.568. The fraction of sp³-hybridized carbons (Fsp3) is 0.909. The van der Waals surface area contributed by atoms with E-state index >= 15 is 0 Å². The molecule has 0 aromatic rings. The molecule has 74 valence electrons. The molecule has 0 radical (unpaired) electrons. The number of hydrogen-bond donors (Lipinski definition) is 0. The summed E-state index contributed by atoms with van der Waals surface area (Å²) >= 11 is 0. The van der Waals surface area contributed by atoms with Crippen LogP contribution in [-0.2, 0) is 4.79 Å². The summed E-state index contributed by atoms with van der Waals surface area (Å²) in [5.41, 5.74) is 0. The summed E-state index contributed by atoms with van der Waals surface area (Å²) in [6.07, 6.45) is 8.92. The van der Waals surface area contributed by atoms with Gasteiger partial charge in [0.05, 0.1) is 0 Å². The van der Waals surface area contributed by atoms with Crippen molar-refractivity contribution in [2.24, 2.45) is 5.92 Å². The predicted molar refractivity (Wildman–Crippen MR) is 52.3 cm³/mol. The van der Waals surface area contributed by atoms with Crippen LogP contribution in [0.3, 0.4) is 0 Å². The molecule has 2 rings (SSSR count). The Morgan fingerprint density at radius 3 is 2.69 bits per heavy atom. The van der Waals surface area contributed by atoms with Gasteiger partial charge < -0.3 is 4.90 Å². The normalized spacial score (nSPS) is 39.8. The third kappa shape index (κ3) is 1.59. The second-order valence-electron chi connectivity index (χ2n) is 4.59. The molecule has 1 aliphatic heterocycles.